The van der Waals surface area contributed by atoms with Gasteiger partial charge in [0.1, 0.15) is 5.41 Å². The van der Waals surface area contributed by atoms with Crippen LogP contribution in [0.3, 0.4) is 0 Å². The first-order chi connectivity index (χ1) is 16.1. The molecule has 0 spiro atoms. The first-order valence-corrected chi connectivity index (χ1v) is 11.0. The van der Waals surface area contributed by atoms with Crippen molar-refractivity contribution in [3.05, 3.63) is 108 Å². The normalized spacial score (nSPS) is 15.9. The fraction of sp³-hybridized carbons (Fsp3) is 0.250. The summed E-state index contributed by atoms with van der Waals surface area (Å²) in [5.74, 6) is -1.03. The lowest BCUT2D eigenvalue weighted by atomic mass is 9.54. The average Bonchev–Trinajstić information content (AvgIpc) is 2.86. The van der Waals surface area contributed by atoms with E-state index in [0.717, 1.165) is 17.5 Å². The number of ether oxygens (including phenoxy) is 2. The number of carbonyl (C=O) groups is 2. The Balaban J connectivity index is 2.10. The zero-order valence-corrected chi connectivity index (χ0v) is 18.9. The Morgan fingerprint density at radius 3 is 1.64 bits per heavy atom. The van der Waals surface area contributed by atoms with Crippen molar-refractivity contribution in [1.29, 1.82) is 0 Å². The number of aliphatic imine (C=N–C) groups is 1. The molecule has 3 aromatic rings. The van der Waals surface area contributed by atoms with E-state index in [1.165, 1.54) is 14.2 Å². The van der Waals surface area contributed by atoms with Gasteiger partial charge in [-0.1, -0.05) is 97.4 Å². The molecule has 1 fully saturated rings. The van der Waals surface area contributed by atoms with Crippen molar-refractivity contribution in [3.63, 3.8) is 0 Å². The molecular formula is C28H27NO4. The summed E-state index contributed by atoms with van der Waals surface area (Å²) in [6, 6.07) is 28.6. The van der Waals surface area contributed by atoms with Gasteiger partial charge in [-0.15, -0.1) is 0 Å². The third kappa shape index (κ3) is 3.74. The summed E-state index contributed by atoms with van der Waals surface area (Å²) in [7, 11) is 2.69. The van der Waals surface area contributed by atoms with Crippen LogP contribution in [0.15, 0.2) is 96.0 Å². The third-order valence-electron chi connectivity index (χ3n) is 6.52. The quantitative estimate of drug-likeness (QED) is 0.385. The molecule has 33 heavy (non-hydrogen) atoms. The molecule has 0 aliphatic heterocycles. The number of rotatable bonds is 7. The zero-order chi connectivity index (χ0) is 23.3. The first kappa shape index (κ1) is 22.5. The van der Waals surface area contributed by atoms with Crippen molar-refractivity contribution in [2.45, 2.75) is 24.8 Å². The lowest BCUT2D eigenvalue weighted by molar-refractivity contribution is -0.177. The second kappa shape index (κ2) is 9.41. The summed E-state index contributed by atoms with van der Waals surface area (Å²) >= 11 is 0. The smallest absolute Gasteiger partial charge is 0.339 e. The molecule has 0 aromatic heterocycles. The number of carbonyl (C=O) groups excluding carboxylic acids is 2. The van der Waals surface area contributed by atoms with Crippen molar-refractivity contribution in [2.75, 3.05) is 14.2 Å². The summed E-state index contributed by atoms with van der Waals surface area (Å²) in [4.78, 5) is 32.3. The first-order valence-electron chi connectivity index (χ1n) is 11.0. The maximum Gasteiger partial charge on any atom is 0.339 e. The van der Waals surface area contributed by atoms with E-state index in [0.29, 0.717) is 24.1 Å². The van der Waals surface area contributed by atoms with Gasteiger partial charge in [0, 0.05) is 11.1 Å². The third-order valence-corrected chi connectivity index (χ3v) is 6.52. The van der Waals surface area contributed by atoms with Gasteiger partial charge >= 0.3 is 11.9 Å². The van der Waals surface area contributed by atoms with Crippen LogP contribution in [-0.2, 0) is 24.6 Å². The molecule has 1 atom stereocenters. The van der Waals surface area contributed by atoms with Crippen molar-refractivity contribution in [2.24, 2.45) is 10.4 Å². The molecule has 1 aliphatic carbocycles. The number of esters is 2. The van der Waals surface area contributed by atoms with Crippen molar-refractivity contribution in [1.82, 2.24) is 0 Å². The lowest BCUT2D eigenvalue weighted by Crippen LogP contribution is -2.59. The number of nitrogens with zero attached hydrogens (tertiary/aromatic N) is 1. The molecule has 0 heterocycles. The van der Waals surface area contributed by atoms with Crippen molar-refractivity contribution < 1.29 is 19.1 Å². The highest BCUT2D eigenvalue weighted by Crippen LogP contribution is 2.57. The summed E-state index contributed by atoms with van der Waals surface area (Å²) < 4.78 is 10.6. The SMILES string of the molecule is COC(=O)C1([C@](N=C(c2ccccc2)c2ccccc2)(C(=O)OC)c2ccccc2)CCC1. The molecular weight excluding hydrogens is 414 g/mol. The van der Waals surface area contributed by atoms with Gasteiger partial charge in [-0.25, -0.2) is 4.79 Å². The van der Waals surface area contributed by atoms with Gasteiger partial charge in [0.05, 0.1) is 19.9 Å². The van der Waals surface area contributed by atoms with Crippen LogP contribution in [0, 0.1) is 5.41 Å². The Kier molecular flexibility index (Phi) is 6.40. The summed E-state index contributed by atoms with van der Waals surface area (Å²) in [5, 5.41) is 0. The van der Waals surface area contributed by atoms with E-state index in [9.17, 15) is 9.59 Å². The molecule has 5 heteroatoms. The molecule has 0 N–H and O–H groups in total. The largest absolute Gasteiger partial charge is 0.468 e. The Morgan fingerprint density at radius 2 is 1.24 bits per heavy atom. The fourth-order valence-corrected chi connectivity index (χ4v) is 4.73. The van der Waals surface area contributed by atoms with Gasteiger partial charge in [0.25, 0.3) is 0 Å². The molecule has 0 bridgehead atoms. The molecule has 5 nitrogen and oxygen atoms in total. The molecule has 0 amide bonds. The topological polar surface area (TPSA) is 65.0 Å². The minimum atomic E-state index is -1.60. The molecule has 3 aromatic carbocycles. The second-order valence-electron chi connectivity index (χ2n) is 8.19. The van der Waals surface area contributed by atoms with E-state index in [4.69, 9.17) is 14.5 Å². The highest BCUT2D eigenvalue weighted by Gasteiger charge is 2.66. The standard InChI is InChI=1S/C28H27NO4/c1-32-25(30)27(19-12-20-27)28(26(31)33-2,23-17-10-5-11-18-23)29-24(21-13-6-3-7-14-21)22-15-8-4-9-16-22/h3-11,13-18H,12,19-20H2,1-2H3/t28-/m1/s1. The van der Waals surface area contributed by atoms with Gasteiger partial charge in [0.15, 0.2) is 5.54 Å². The minimum Gasteiger partial charge on any atom is -0.468 e. The molecule has 1 saturated carbocycles. The molecule has 4 rings (SSSR count). The van der Waals surface area contributed by atoms with Crippen LogP contribution in [0.4, 0.5) is 0 Å². The van der Waals surface area contributed by atoms with E-state index >= 15 is 0 Å². The van der Waals surface area contributed by atoms with E-state index in [1.807, 2.05) is 91.0 Å². The van der Waals surface area contributed by atoms with Crippen molar-refractivity contribution >= 4 is 17.7 Å². The molecule has 0 radical (unpaired) electrons. The highest BCUT2D eigenvalue weighted by molar-refractivity contribution is 6.14. The van der Waals surface area contributed by atoms with E-state index in [-0.39, 0.29) is 0 Å². The maximum absolute atomic E-state index is 13.8. The molecule has 1 aliphatic rings. The average molecular weight is 442 g/mol. The van der Waals surface area contributed by atoms with Gasteiger partial charge < -0.3 is 9.47 Å². The van der Waals surface area contributed by atoms with Crippen LogP contribution in [0.5, 0.6) is 0 Å². The van der Waals surface area contributed by atoms with Gasteiger partial charge in [0.2, 0.25) is 0 Å². The monoisotopic (exact) mass is 441 g/mol. The molecule has 0 unspecified atom stereocenters. The van der Waals surface area contributed by atoms with E-state index in [1.54, 1.807) is 0 Å². The molecule has 168 valence electrons. The van der Waals surface area contributed by atoms with Gasteiger partial charge in [-0.3, -0.25) is 9.79 Å². The predicted octanol–water partition coefficient (Wildman–Crippen LogP) is 4.94. The second-order valence-corrected chi connectivity index (χ2v) is 8.19. The van der Waals surface area contributed by atoms with E-state index in [2.05, 4.69) is 0 Å². The highest BCUT2D eigenvalue weighted by atomic mass is 16.5. The maximum atomic E-state index is 13.8. The van der Waals surface area contributed by atoms with Crippen LogP contribution in [-0.4, -0.2) is 31.9 Å². The summed E-state index contributed by atoms with van der Waals surface area (Å²) in [6.45, 7) is 0. The predicted molar refractivity (Wildman–Crippen MR) is 127 cm³/mol. The Bertz CT molecular complexity index is 1100. The lowest BCUT2D eigenvalue weighted by Gasteiger charge is -2.50. The minimum absolute atomic E-state index is 0.452. The summed E-state index contributed by atoms with van der Waals surface area (Å²) in [6.07, 6.45) is 1.75. The van der Waals surface area contributed by atoms with Gasteiger partial charge in [-0.2, -0.15) is 0 Å². The van der Waals surface area contributed by atoms with Crippen LogP contribution in [0.25, 0.3) is 0 Å². The van der Waals surface area contributed by atoms with Crippen LogP contribution >= 0.6 is 0 Å². The van der Waals surface area contributed by atoms with Crippen LogP contribution < -0.4 is 0 Å². The Labute approximate surface area is 194 Å². The Hall–Kier alpha value is -3.73. The number of methoxy groups -OCH3 is 2. The molecule has 0 saturated heterocycles. The Morgan fingerprint density at radius 1 is 0.758 bits per heavy atom. The number of benzene rings is 3. The van der Waals surface area contributed by atoms with Crippen molar-refractivity contribution in [3.8, 4) is 0 Å². The van der Waals surface area contributed by atoms with Crippen LogP contribution in [0.1, 0.15) is 36.0 Å². The fourth-order valence-electron chi connectivity index (χ4n) is 4.73. The van der Waals surface area contributed by atoms with E-state index < -0.39 is 22.9 Å². The number of hydrogen-bond acceptors (Lipinski definition) is 5. The van der Waals surface area contributed by atoms with Gasteiger partial charge in [-0.05, 0) is 18.4 Å². The zero-order valence-electron chi connectivity index (χ0n) is 18.9. The summed E-state index contributed by atoms with van der Waals surface area (Å²) in [5.41, 5.74) is 0.131. The number of hydrogen-bond donors (Lipinski definition) is 0. The van der Waals surface area contributed by atoms with Crippen LogP contribution in [0.2, 0.25) is 0 Å².